The van der Waals surface area contributed by atoms with Gasteiger partial charge < -0.3 is 5.32 Å². The first-order valence-corrected chi connectivity index (χ1v) is 9.94. The summed E-state index contributed by atoms with van der Waals surface area (Å²) in [6.07, 6.45) is 3.95. The van der Waals surface area contributed by atoms with Crippen LogP contribution in [0, 0.1) is 13.8 Å². The van der Waals surface area contributed by atoms with E-state index in [0.717, 1.165) is 21.8 Å². The summed E-state index contributed by atoms with van der Waals surface area (Å²) >= 11 is 1.23. The highest BCUT2D eigenvalue weighted by Crippen LogP contribution is 2.24. The van der Waals surface area contributed by atoms with Crippen LogP contribution in [0.15, 0.2) is 35.7 Å². The second-order valence-electron chi connectivity index (χ2n) is 6.88. The summed E-state index contributed by atoms with van der Waals surface area (Å²) in [7, 11) is 0. The SMILES string of the molecule is CCC1(C)NC(=O)N(NC(=O)CSc2nccn2-c2cccc(C)c2C)C1=O. The molecule has 1 saturated heterocycles. The van der Waals surface area contributed by atoms with Crippen LogP contribution in [-0.4, -0.2) is 43.7 Å². The van der Waals surface area contributed by atoms with Crippen LogP contribution in [0.25, 0.3) is 5.69 Å². The second-order valence-corrected chi connectivity index (χ2v) is 7.82. The lowest BCUT2D eigenvalue weighted by atomic mass is 10.00. The Kier molecular flexibility index (Phi) is 5.46. The average molecular weight is 401 g/mol. The van der Waals surface area contributed by atoms with Crippen molar-refractivity contribution in [2.24, 2.45) is 0 Å². The fourth-order valence-corrected chi connectivity index (χ4v) is 3.65. The molecular formula is C19H23N5O3S. The zero-order valence-corrected chi connectivity index (χ0v) is 17.1. The van der Waals surface area contributed by atoms with Crippen LogP contribution in [0.5, 0.6) is 0 Å². The minimum absolute atomic E-state index is 0.0157. The van der Waals surface area contributed by atoms with Crippen molar-refractivity contribution >= 4 is 29.6 Å². The van der Waals surface area contributed by atoms with Crippen molar-refractivity contribution in [1.82, 2.24) is 25.3 Å². The standard InChI is InChI=1S/C19H23N5O3S/c1-5-19(4)16(26)24(17(27)21-19)22-15(25)11-28-18-20-9-10-23(18)14-8-6-7-12(2)13(14)3/h6-10H,5,11H2,1-4H3,(H,21,27)(H,22,25). The van der Waals surface area contributed by atoms with Crippen molar-refractivity contribution in [3.05, 3.63) is 41.7 Å². The zero-order valence-electron chi connectivity index (χ0n) is 16.3. The van der Waals surface area contributed by atoms with E-state index in [2.05, 4.69) is 15.7 Å². The molecule has 0 spiro atoms. The smallest absolute Gasteiger partial charge is 0.322 e. The number of amides is 4. The number of aryl methyl sites for hydroxylation is 1. The van der Waals surface area contributed by atoms with Gasteiger partial charge in [0.2, 0.25) is 5.91 Å². The Balaban J connectivity index is 1.67. The minimum Gasteiger partial charge on any atom is -0.322 e. The van der Waals surface area contributed by atoms with Gasteiger partial charge in [0.25, 0.3) is 5.91 Å². The number of nitrogens with one attached hydrogen (secondary N) is 2. The number of carbonyl (C=O) groups is 3. The number of aromatic nitrogens is 2. The number of imidazole rings is 1. The predicted molar refractivity (Wildman–Crippen MR) is 106 cm³/mol. The van der Waals surface area contributed by atoms with Crippen molar-refractivity contribution in [1.29, 1.82) is 0 Å². The number of hydrazine groups is 1. The molecule has 1 aliphatic heterocycles. The number of hydrogen-bond acceptors (Lipinski definition) is 5. The molecule has 1 aromatic carbocycles. The third-order valence-corrected chi connectivity index (χ3v) is 5.95. The molecule has 9 heteroatoms. The molecule has 0 saturated carbocycles. The molecule has 2 N–H and O–H groups in total. The quantitative estimate of drug-likeness (QED) is 0.572. The molecule has 1 atom stereocenters. The highest BCUT2D eigenvalue weighted by molar-refractivity contribution is 7.99. The fourth-order valence-electron chi connectivity index (χ4n) is 2.89. The summed E-state index contributed by atoms with van der Waals surface area (Å²) in [5.74, 6) is -0.901. The van der Waals surface area contributed by atoms with Crippen molar-refractivity contribution in [2.45, 2.75) is 44.8 Å². The first-order chi connectivity index (χ1) is 13.3. The van der Waals surface area contributed by atoms with Gasteiger partial charge in [0, 0.05) is 12.4 Å². The molecule has 0 radical (unpaired) electrons. The van der Waals surface area contributed by atoms with Gasteiger partial charge in [0.1, 0.15) is 5.54 Å². The van der Waals surface area contributed by atoms with Gasteiger partial charge in [-0.2, -0.15) is 5.01 Å². The number of benzene rings is 1. The van der Waals surface area contributed by atoms with E-state index in [9.17, 15) is 14.4 Å². The number of imide groups is 1. The Morgan fingerprint density at radius 1 is 1.32 bits per heavy atom. The van der Waals surface area contributed by atoms with Crippen molar-refractivity contribution < 1.29 is 14.4 Å². The molecule has 0 bridgehead atoms. The highest BCUT2D eigenvalue weighted by Gasteiger charge is 2.47. The van der Waals surface area contributed by atoms with E-state index >= 15 is 0 Å². The maximum Gasteiger partial charge on any atom is 0.344 e. The van der Waals surface area contributed by atoms with E-state index < -0.39 is 23.4 Å². The van der Waals surface area contributed by atoms with Gasteiger partial charge in [-0.25, -0.2) is 9.78 Å². The lowest BCUT2D eigenvalue weighted by molar-refractivity contribution is -0.137. The highest BCUT2D eigenvalue weighted by atomic mass is 32.2. The molecule has 148 valence electrons. The first-order valence-electron chi connectivity index (χ1n) is 8.95. The molecule has 1 aromatic heterocycles. The number of nitrogens with zero attached hydrogens (tertiary/aromatic N) is 3. The van der Waals surface area contributed by atoms with Crippen LogP contribution in [0.4, 0.5) is 4.79 Å². The molecule has 0 aliphatic carbocycles. The number of thioether (sulfide) groups is 1. The monoisotopic (exact) mass is 401 g/mol. The molecule has 1 unspecified atom stereocenters. The molecule has 2 heterocycles. The summed E-state index contributed by atoms with van der Waals surface area (Å²) in [4.78, 5) is 41.0. The van der Waals surface area contributed by atoms with E-state index in [-0.39, 0.29) is 5.75 Å². The third kappa shape index (κ3) is 3.62. The molecule has 28 heavy (non-hydrogen) atoms. The van der Waals surface area contributed by atoms with Crippen LogP contribution in [0.2, 0.25) is 0 Å². The number of hydrogen-bond donors (Lipinski definition) is 2. The molecule has 3 rings (SSSR count). The Hall–Kier alpha value is -2.81. The van der Waals surface area contributed by atoms with Gasteiger partial charge in [-0.05, 0) is 44.4 Å². The Morgan fingerprint density at radius 3 is 2.75 bits per heavy atom. The van der Waals surface area contributed by atoms with Crippen LogP contribution < -0.4 is 10.7 Å². The maximum atomic E-state index is 12.4. The van der Waals surface area contributed by atoms with Crippen LogP contribution in [-0.2, 0) is 9.59 Å². The summed E-state index contributed by atoms with van der Waals surface area (Å²) in [6.45, 7) is 7.51. The topological polar surface area (TPSA) is 96.3 Å². The number of rotatable bonds is 6. The molecular weight excluding hydrogens is 378 g/mol. The molecule has 2 aromatic rings. The normalized spacial score (nSPS) is 19.1. The summed E-state index contributed by atoms with van der Waals surface area (Å²) < 4.78 is 1.92. The molecule has 1 aliphatic rings. The summed E-state index contributed by atoms with van der Waals surface area (Å²) in [5.41, 5.74) is 4.68. The van der Waals surface area contributed by atoms with Crippen LogP contribution in [0.3, 0.4) is 0 Å². The molecule has 4 amide bonds. The van der Waals surface area contributed by atoms with Crippen molar-refractivity contribution in [2.75, 3.05) is 5.75 Å². The van der Waals surface area contributed by atoms with Gasteiger partial charge >= 0.3 is 6.03 Å². The van der Waals surface area contributed by atoms with E-state index in [1.54, 1.807) is 20.0 Å². The Morgan fingerprint density at radius 2 is 2.07 bits per heavy atom. The van der Waals surface area contributed by atoms with Gasteiger partial charge in [-0.3, -0.25) is 19.6 Å². The summed E-state index contributed by atoms with van der Waals surface area (Å²) in [6, 6.07) is 5.39. The first kappa shape index (κ1) is 19.9. The fraction of sp³-hybridized carbons (Fsp3) is 0.368. The minimum atomic E-state index is -0.990. The van der Waals surface area contributed by atoms with E-state index in [1.165, 1.54) is 11.8 Å². The van der Waals surface area contributed by atoms with Crippen molar-refractivity contribution in [3.8, 4) is 5.69 Å². The molecule has 8 nitrogen and oxygen atoms in total. The van der Waals surface area contributed by atoms with Gasteiger partial charge in [-0.1, -0.05) is 30.8 Å². The maximum absolute atomic E-state index is 12.4. The predicted octanol–water partition coefficient (Wildman–Crippen LogP) is 2.33. The second kappa shape index (κ2) is 7.67. The number of carbonyl (C=O) groups excluding carboxylic acids is 3. The number of urea groups is 1. The van der Waals surface area contributed by atoms with E-state index in [0.29, 0.717) is 11.6 Å². The van der Waals surface area contributed by atoms with Gasteiger partial charge in [-0.15, -0.1) is 0 Å². The molecule has 1 fully saturated rings. The van der Waals surface area contributed by atoms with E-state index in [4.69, 9.17) is 0 Å². The van der Waals surface area contributed by atoms with E-state index in [1.807, 2.05) is 42.8 Å². The largest absolute Gasteiger partial charge is 0.344 e. The average Bonchev–Trinajstić information content (AvgIpc) is 3.21. The third-order valence-electron chi connectivity index (χ3n) is 4.98. The lowest BCUT2D eigenvalue weighted by Crippen LogP contribution is -2.49. The van der Waals surface area contributed by atoms with Crippen LogP contribution >= 0.6 is 11.8 Å². The summed E-state index contributed by atoms with van der Waals surface area (Å²) in [5, 5.41) is 4.00. The zero-order chi connectivity index (χ0) is 20.5. The van der Waals surface area contributed by atoms with Gasteiger partial charge in [0.15, 0.2) is 5.16 Å². The van der Waals surface area contributed by atoms with Crippen molar-refractivity contribution in [3.63, 3.8) is 0 Å². The van der Waals surface area contributed by atoms with Crippen LogP contribution in [0.1, 0.15) is 31.4 Å². The Bertz CT molecular complexity index is 941. The van der Waals surface area contributed by atoms with Gasteiger partial charge in [0.05, 0.1) is 11.4 Å². The Labute approximate surface area is 167 Å². The lowest BCUT2D eigenvalue weighted by Gasteiger charge is -2.19.